The quantitative estimate of drug-likeness (QED) is 0.300. The number of hydrogen-bond donors (Lipinski definition) is 1. The average molecular weight is 491 g/mol. The second kappa shape index (κ2) is 10.7. The number of nitrogens with one attached hydrogen (secondary N) is 1. The van der Waals surface area contributed by atoms with E-state index in [9.17, 15) is 0 Å². The number of pyridine rings is 1. The van der Waals surface area contributed by atoms with Crippen molar-refractivity contribution in [2.45, 2.75) is 13.0 Å². The van der Waals surface area contributed by atoms with Crippen LogP contribution in [-0.2, 0) is 13.0 Å². The summed E-state index contributed by atoms with van der Waals surface area (Å²) < 4.78 is 4.89. The Bertz CT molecular complexity index is 671. The summed E-state index contributed by atoms with van der Waals surface area (Å²) in [5.41, 5.74) is 2.14. The van der Waals surface area contributed by atoms with Gasteiger partial charge in [0.2, 0.25) is 0 Å². The van der Waals surface area contributed by atoms with Crippen LogP contribution in [0.15, 0.2) is 40.2 Å². The van der Waals surface area contributed by atoms with Gasteiger partial charge in [0.05, 0.1) is 5.69 Å². The van der Waals surface area contributed by atoms with Gasteiger partial charge in [-0.05, 0) is 18.1 Å². The molecule has 0 aromatic carbocycles. The van der Waals surface area contributed by atoms with Gasteiger partial charge in [-0.15, -0.1) is 24.0 Å². The van der Waals surface area contributed by atoms with Crippen LogP contribution < -0.4 is 5.32 Å². The van der Waals surface area contributed by atoms with Crippen molar-refractivity contribution in [1.29, 1.82) is 0 Å². The molecule has 0 saturated carbocycles. The predicted molar refractivity (Wildman–Crippen MR) is 113 cm³/mol. The minimum Gasteiger partial charge on any atom is -0.364 e. The Morgan fingerprint density at radius 1 is 1.27 bits per heavy atom. The first kappa shape index (κ1) is 20.9. The van der Waals surface area contributed by atoms with E-state index in [2.05, 4.69) is 30.2 Å². The molecule has 142 valence electrons. The Labute approximate surface area is 175 Å². The van der Waals surface area contributed by atoms with Crippen molar-refractivity contribution < 1.29 is 4.52 Å². The second-order valence-corrected chi connectivity index (χ2v) is 6.35. The molecule has 0 spiro atoms. The number of hydrogen-bond acceptors (Lipinski definition) is 5. The summed E-state index contributed by atoms with van der Waals surface area (Å²) in [6.45, 7) is 5.50. The highest BCUT2D eigenvalue weighted by Gasteiger charge is 2.20. The Hall–Kier alpha value is -1.39. The number of rotatable bonds is 5. The van der Waals surface area contributed by atoms with Crippen LogP contribution in [-0.4, -0.2) is 65.7 Å². The zero-order valence-electron chi connectivity index (χ0n) is 14.8. The van der Waals surface area contributed by atoms with E-state index in [0.29, 0.717) is 5.15 Å². The molecule has 0 atom stereocenters. The van der Waals surface area contributed by atoms with Crippen molar-refractivity contribution in [3.63, 3.8) is 0 Å². The lowest BCUT2D eigenvalue weighted by atomic mass is 10.2. The van der Waals surface area contributed by atoms with E-state index >= 15 is 0 Å². The smallest absolute Gasteiger partial charge is 0.193 e. The van der Waals surface area contributed by atoms with Crippen LogP contribution in [0.3, 0.4) is 0 Å². The third kappa shape index (κ3) is 6.10. The van der Waals surface area contributed by atoms with E-state index in [4.69, 9.17) is 16.1 Å². The number of nitrogens with zero attached hydrogens (tertiary/aromatic N) is 5. The molecule has 0 aliphatic carbocycles. The van der Waals surface area contributed by atoms with Gasteiger partial charge in [-0.1, -0.05) is 22.8 Å². The van der Waals surface area contributed by atoms with Gasteiger partial charge >= 0.3 is 0 Å². The lowest BCUT2D eigenvalue weighted by Crippen LogP contribution is -2.52. The van der Waals surface area contributed by atoms with Crippen LogP contribution in [0.1, 0.15) is 11.3 Å². The molecule has 1 N–H and O–H groups in total. The SMILES string of the molecule is CN=C(NCCc1ccc(Cl)nc1)N1CCN(Cc2ccon2)CC1.I. The summed E-state index contributed by atoms with van der Waals surface area (Å²) in [7, 11) is 1.83. The topological polar surface area (TPSA) is 69.8 Å². The maximum absolute atomic E-state index is 5.81. The van der Waals surface area contributed by atoms with Gasteiger partial charge in [-0.2, -0.15) is 0 Å². The van der Waals surface area contributed by atoms with E-state index in [1.807, 2.05) is 31.4 Å². The third-order valence-electron chi connectivity index (χ3n) is 4.25. The maximum Gasteiger partial charge on any atom is 0.193 e. The third-order valence-corrected chi connectivity index (χ3v) is 4.47. The molecule has 1 fully saturated rings. The minimum atomic E-state index is 0. The van der Waals surface area contributed by atoms with Crippen LogP contribution in [0.25, 0.3) is 0 Å². The van der Waals surface area contributed by atoms with E-state index < -0.39 is 0 Å². The summed E-state index contributed by atoms with van der Waals surface area (Å²) in [5.74, 6) is 0.947. The van der Waals surface area contributed by atoms with Crippen molar-refractivity contribution in [3.8, 4) is 0 Å². The van der Waals surface area contributed by atoms with Crippen LogP contribution in [0.2, 0.25) is 5.15 Å². The highest BCUT2D eigenvalue weighted by Crippen LogP contribution is 2.08. The van der Waals surface area contributed by atoms with Gasteiger partial charge in [0.1, 0.15) is 11.4 Å². The Kier molecular flexibility index (Phi) is 8.60. The molecule has 3 rings (SSSR count). The fraction of sp³-hybridized carbons (Fsp3) is 0.471. The van der Waals surface area contributed by atoms with E-state index in [-0.39, 0.29) is 24.0 Å². The lowest BCUT2D eigenvalue weighted by Gasteiger charge is -2.36. The van der Waals surface area contributed by atoms with Gasteiger partial charge in [0.15, 0.2) is 5.96 Å². The molecule has 26 heavy (non-hydrogen) atoms. The van der Waals surface area contributed by atoms with Crippen molar-refractivity contribution >= 4 is 41.5 Å². The highest BCUT2D eigenvalue weighted by molar-refractivity contribution is 14.0. The molecule has 2 aromatic rings. The summed E-state index contributed by atoms with van der Waals surface area (Å²) in [6, 6.07) is 5.74. The van der Waals surface area contributed by atoms with Crippen molar-refractivity contribution in [3.05, 3.63) is 47.1 Å². The molecule has 0 radical (unpaired) electrons. The second-order valence-electron chi connectivity index (χ2n) is 5.97. The predicted octanol–water partition coefficient (Wildman–Crippen LogP) is 2.28. The molecule has 0 amide bonds. The average Bonchev–Trinajstić information content (AvgIpc) is 3.14. The summed E-state index contributed by atoms with van der Waals surface area (Å²) in [6.07, 6.45) is 4.32. The molecule has 0 bridgehead atoms. The van der Waals surface area contributed by atoms with Crippen LogP contribution >= 0.6 is 35.6 Å². The van der Waals surface area contributed by atoms with E-state index in [0.717, 1.165) is 62.9 Å². The van der Waals surface area contributed by atoms with Gasteiger partial charge in [0, 0.05) is 58.6 Å². The molecular formula is C17H24ClIN6O. The number of aromatic nitrogens is 2. The van der Waals surface area contributed by atoms with Gasteiger partial charge in [-0.3, -0.25) is 9.89 Å². The molecule has 3 heterocycles. The maximum atomic E-state index is 5.81. The van der Waals surface area contributed by atoms with Crippen LogP contribution in [0, 0.1) is 0 Å². The monoisotopic (exact) mass is 490 g/mol. The Balaban J connectivity index is 0.00000243. The summed E-state index contributed by atoms with van der Waals surface area (Å²) >= 11 is 5.81. The first-order chi connectivity index (χ1) is 12.2. The molecule has 1 aliphatic rings. The Morgan fingerprint density at radius 2 is 2.08 bits per heavy atom. The first-order valence-electron chi connectivity index (χ1n) is 8.42. The molecule has 7 nitrogen and oxygen atoms in total. The minimum absolute atomic E-state index is 0. The number of guanidine groups is 1. The van der Waals surface area contributed by atoms with Crippen LogP contribution in [0.5, 0.6) is 0 Å². The lowest BCUT2D eigenvalue weighted by molar-refractivity contribution is 0.169. The molecule has 0 unspecified atom stereocenters. The van der Waals surface area contributed by atoms with Gasteiger partial charge in [-0.25, -0.2) is 4.98 Å². The molecule has 9 heteroatoms. The summed E-state index contributed by atoms with van der Waals surface area (Å²) in [4.78, 5) is 13.2. The largest absolute Gasteiger partial charge is 0.364 e. The number of piperazine rings is 1. The molecule has 1 aliphatic heterocycles. The first-order valence-corrected chi connectivity index (χ1v) is 8.80. The highest BCUT2D eigenvalue weighted by atomic mass is 127. The van der Waals surface area contributed by atoms with E-state index in [1.165, 1.54) is 0 Å². The van der Waals surface area contributed by atoms with Crippen molar-refractivity contribution in [2.75, 3.05) is 39.8 Å². The van der Waals surface area contributed by atoms with Crippen LogP contribution in [0.4, 0.5) is 0 Å². The molecule has 1 saturated heterocycles. The zero-order valence-corrected chi connectivity index (χ0v) is 17.9. The van der Waals surface area contributed by atoms with Gasteiger partial charge in [0.25, 0.3) is 0 Å². The standard InChI is InChI=1S/C17H23ClN6O.HI/c1-19-17(20-6-4-14-2-3-16(18)21-12-14)24-9-7-23(8-10-24)13-15-5-11-25-22-15;/h2-3,5,11-12H,4,6-10,13H2,1H3,(H,19,20);1H. The number of aliphatic imine (C=N–C) groups is 1. The molecular weight excluding hydrogens is 467 g/mol. The fourth-order valence-electron chi connectivity index (χ4n) is 2.87. The van der Waals surface area contributed by atoms with Gasteiger partial charge < -0.3 is 14.7 Å². The van der Waals surface area contributed by atoms with Crippen molar-refractivity contribution in [2.24, 2.45) is 4.99 Å². The fourth-order valence-corrected chi connectivity index (χ4v) is 2.98. The number of halogens is 2. The van der Waals surface area contributed by atoms with E-state index in [1.54, 1.807) is 6.26 Å². The Morgan fingerprint density at radius 3 is 2.69 bits per heavy atom. The normalized spacial score (nSPS) is 15.6. The zero-order chi connectivity index (χ0) is 17.5. The van der Waals surface area contributed by atoms with Crippen molar-refractivity contribution in [1.82, 2.24) is 25.3 Å². The molecule has 2 aromatic heterocycles. The summed E-state index contributed by atoms with van der Waals surface area (Å²) in [5, 5.41) is 7.93.